The molecule has 0 aliphatic carbocycles. The van der Waals surface area contributed by atoms with E-state index >= 15 is 0 Å². The van der Waals surface area contributed by atoms with Crippen LogP contribution in [0.15, 0.2) is 66.9 Å². The van der Waals surface area contributed by atoms with Crippen molar-refractivity contribution < 1.29 is 9.50 Å². The van der Waals surface area contributed by atoms with Crippen LogP contribution in [0, 0.1) is 12.7 Å². The van der Waals surface area contributed by atoms with Gasteiger partial charge in [0, 0.05) is 22.8 Å². The molecule has 0 bridgehead atoms. The molecule has 0 spiro atoms. The first-order valence-electron chi connectivity index (χ1n) is 8.74. The largest absolute Gasteiger partial charge is 0.505 e. The number of halogens is 2. The third-order valence-electron chi connectivity index (χ3n) is 4.54. The van der Waals surface area contributed by atoms with Gasteiger partial charge in [-0.15, -0.1) is 0 Å². The average molecular weight is 394 g/mol. The van der Waals surface area contributed by atoms with Crippen LogP contribution in [0.25, 0.3) is 10.9 Å². The zero-order chi connectivity index (χ0) is 19.7. The molecule has 0 aliphatic rings. The molecule has 4 rings (SSSR count). The lowest BCUT2D eigenvalue weighted by molar-refractivity contribution is 0.471. The minimum Gasteiger partial charge on any atom is -0.505 e. The molecule has 0 saturated carbocycles. The number of phenolic OH excluding ortho intramolecular Hbond substituents is 1. The van der Waals surface area contributed by atoms with Gasteiger partial charge in [-0.2, -0.15) is 0 Å². The smallest absolute Gasteiger partial charge is 0.147 e. The van der Waals surface area contributed by atoms with Gasteiger partial charge >= 0.3 is 0 Å². The van der Waals surface area contributed by atoms with Gasteiger partial charge in [-0.3, -0.25) is 4.98 Å². The first-order chi connectivity index (χ1) is 13.5. The van der Waals surface area contributed by atoms with Crippen LogP contribution in [0.2, 0.25) is 5.02 Å². The topological polar surface area (TPSA) is 58.0 Å². The highest BCUT2D eigenvalue weighted by atomic mass is 35.5. The van der Waals surface area contributed by atoms with Crippen molar-refractivity contribution in [2.24, 2.45) is 0 Å². The van der Waals surface area contributed by atoms with E-state index in [-0.39, 0.29) is 11.6 Å². The van der Waals surface area contributed by atoms with Gasteiger partial charge in [0.2, 0.25) is 0 Å². The average Bonchev–Trinajstić information content (AvgIpc) is 2.70. The summed E-state index contributed by atoms with van der Waals surface area (Å²) in [6, 6.07) is 16.5. The van der Waals surface area contributed by atoms with Crippen LogP contribution in [-0.4, -0.2) is 15.1 Å². The SMILES string of the molecule is Cc1cccc(NC(c2ccc(F)cc2)c2cc(Cl)c3cccnc3c2O)n1. The van der Waals surface area contributed by atoms with Crippen LogP contribution in [0.4, 0.5) is 10.2 Å². The fourth-order valence-corrected chi connectivity index (χ4v) is 3.46. The molecule has 2 N–H and O–H groups in total. The van der Waals surface area contributed by atoms with Crippen molar-refractivity contribution in [3.63, 3.8) is 0 Å². The van der Waals surface area contributed by atoms with Crippen molar-refractivity contribution in [3.8, 4) is 5.75 Å². The number of hydrogen-bond donors (Lipinski definition) is 2. The van der Waals surface area contributed by atoms with E-state index < -0.39 is 6.04 Å². The summed E-state index contributed by atoms with van der Waals surface area (Å²) in [6.07, 6.45) is 1.60. The second kappa shape index (κ2) is 7.44. The summed E-state index contributed by atoms with van der Waals surface area (Å²) in [5.41, 5.74) is 2.55. The fraction of sp³-hybridized carbons (Fsp3) is 0.0909. The quantitative estimate of drug-likeness (QED) is 0.471. The maximum Gasteiger partial charge on any atom is 0.147 e. The molecule has 1 atom stereocenters. The second-order valence-electron chi connectivity index (χ2n) is 6.49. The van der Waals surface area contributed by atoms with Crippen LogP contribution in [-0.2, 0) is 0 Å². The van der Waals surface area contributed by atoms with Gasteiger partial charge in [0.05, 0.1) is 11.1 Å². The fourth-order valence-electron chi connectivity index (χ4n) is 3.19. The Morgan fingerprint density at radius 2 is 1.86 bits per heavy atom. The molecular weight excluding hydrogens is 377 g/mol. The highest BCUT2D eigenvalue weighted by Gasteiger charge is 2.22. The number of aryl methyl sites for hydroxylation is 1. The highest BCUT2D eigenvalue weighted by molar-refractivity contribution is 6.35. The number of nitrogens with one attached hydrogen (secondary N) is 1. The molecule has 6 heteroatoms. The maximum atomic E-state index is 13.5. The van der Waals surface area contributed by atoms with Gasteiger partial charge in [0.15, 0.2) is 0 Å². The van der Waals surface area contributed by atoms with Gasteiger partial charge in [-0.1, -0.05) is 29.8 Å². The Balaban J connectivity index is 1.89. The lowest BCUT2D eigenvalue weighted by atomic mass is 9.96. The normalized spacial score (nSPS) is 12.1. The minimum absolute atomic E-state index is 0.0227. The molecule has 0 amide bonds. The number of fused-ring (bicyclic) bond motifs is 1. The van der Waals surface area contributed by atoms with Gasteiger partial charge < -0.3 is 10.4 Å². The van der Waals surface area contributed by atoms with Crippen molar-refractivity contribution in [1.29, 1.82) is 0 Å². The number of nitrogens with zero attached hydrogens (tertiary/aromatic N) is 2. The van der Waals surface area contributed by atoms with E-state index in [0.717, 1.165) is 11.3 Å². The molecule has 28 heavy (non-hydrogen) atoms. The molecule has 4 nitrogen and oxygen atoms in total. The number of benzene rings is 2. The molecule has 0 radical (unpaired) electrons. The van der Waals surface area contributed by atoms with Gasteiger partial charge in [-0.05, 0) is 55.0 Å². The zero-order valence-electron chi connectivity index (χ0n) is 15.0. The summed E-state index contributed by atoms with van der Waals surface area (Å²) in [6.45, 7) is 1.90. The molecule has 1 unspecified atom stereocenters. The summed E-state index contributed by atoms with van der Waals surface area (Å²) in [5.74, 6) is 0.319. The number of aromatic hydroxyl groups is 1. The standard InChI is InChI=1S/C22H17ClFN3O/c1-13-4-2-6-19(26-13)27-20(14-7-9-15(24)10-8-14)17-12-18(23)16-5-3-11-25-21(16)22(17)28/h2-12,20,28H,1H3,(H,26,27). The minimum atomic E-state index is -0.501. The third kappa shape index (κ3) is 3.49. The second-order valence-corrected chi connectivity index (χ2v) is 6.90. The molecule has 2 aromatic heterocycles. The Labute approximate surface area is 166 Å². The Morgan fingerprint density at radius 3 is 2.61 bits per heavy atom. The molecule has 2 aromatic carbocycles. The van der Waals surface area contributed by atoms with Crippen LogP contribution in [0.3, 0.4) is 0 Å². The number of anilines is 1. The number of pyridine rings is 2. The van der Waals surface area contributed by atoms with Crippen LogP contribution in [0.5, 0.6) is 5.75 Å². The molecule has 2 heterocycles. The monoisotopic (exact) mass is 393 g/mol. The van der Waals surface area contributed by atoms with Gasteiger partial charge in [0.1, 0.15) is 22.9 Å². The summed E-state index contributed by atoms with van der Waals surface area (Å²) in [5, 5.41) is 15.4. The summed E-state index contributed by atoms with van der Waals surface area (Å²) in [7, 11) is 0. The first-order valence-corrected chi connectivity index (χ1v) is 9.12. The molecule has 140 valence electrons. The number of rotatable bonds is 4. The number of hydrogen-bond acceptors (Lipinski definition) is 4. The number of phenols is 1. The van der Waals surface area contributed by atoms with Crippen molar-refractivity contribution in [2.75, 3.05) is 5.32 Å². The number of aromatic nitrogens is 2. The Hall–Kier alpha value is -3.18. The molecule has 4 aromatic rings. The van der Waals surface area contributed by atoms with Gasteiger partial charge in [0.25, 0.3) is 0 Å². The van der Waals surface area contributed by atoms with Gasteiger partial charge in [-0.25, -0.2) is 9.37 Å². The van der Waals surface area contributed by atoms with E-state index in [1.165, 1.54) is 12.1 Å². The summed E-state index contributed by atoms with van der Waals surface area (Å²) in [4.78, 5) is 8.76. The highest BCUT2D eigenvalue weighted by Crippen LogP contribution is 2.39. The van der Waals surface area contributed by atoms with E-state index in [1.54, 1.807) is 36.5 Å². The van der Waals surface area contributed by atoms with Crippen LogP contribution < -0.4 is 5.32 Å². The van der Waals surface area contributed by atoms with E-state index in [1.807, 2.05) is 25.1 Å². The molecule has 0 fully saturated rings. The van der Waals surface area contributed by atoms with Crippen LogP contribution in [0.1, 0.15) is 22.9 Å². The van der Waals surface area contributed by atoms with Crippen LogP contribution >= 0.6 is 11.6 Å². The third-order valence-corrected chi connectivity index (χ3v) is 4.85. The zero-order valence-corrected chi connectivity index (χ0v) is 15.8. The Kier molecular flexibility index (Phi) is 4.84. The summed E-state index contributed by atoms with van der Waals surface area (Å²) >= 11 is 6.46. The maximum absolute atomic E-state index is 13.5. The van der Waals surface area contributed by atoms with E-state index in [0.29, 0.717) is 27.3 Å². The predicted molar refractivity (Wildman–Crippen MR) is 109 cm³/mol. The molecular formula is C22H17ClFN3O. The molecule has 0 aliphatic heterocycles. The first kappa shape index (κ1) is 18.2. The molecule has 0 saturated heterocycles. The van der Waals surface area contributed by atoms with Crippen molar-refractivity contribution in [3.05, 3.63) is 94.5 Å². The summed E-state index contributed by atoms with van der Waals surface area (Å²) < 4.78 is 13.5. The lowest BCUT2D eigenvalue weighted by Gasteiger charge is -2.22. The Bertz CT molecular complexity index is 1150. The van der Waals surface area contributed by atoms with Crippen molar-refractivity contribution in [2.45, 2.75) is 13.0 Å². The van der Waals surface area contributed by atoms with Crippen molar-refractivity contribution >= 4 is 28.3 Å². The Morgan fingerprint density at radius 1 is 1.07 bits per heavy atom. The predicted octanol–water partition coefficient (Wildman–Crippen LogP) is 5.64. The van der Waals surface area contributed by atoms with E-state index in [9.17, 15) is 9.50 Å². The van der Waals surface area contributed by atoms with Crippen molar-refractivity contribution in [1.82, 2.24) is 9.97 Å². The lowest BCUT2D eigenvalue weighted by Crippen LogP contribution is -2.14. The van der Waals surface area contributed by atoms with E-state index in [2.05, 4.69) is 15.3 Å². The van der Waals surface area contributed by atoms with E-state index in [4.69, 9.17) is 11.6 Å².